The Bertz CT molecular complexity index is 1180. The van der Waals surface area contributed by atoms with E-state index in [-0.39, 0.29) is 23.6 Å². The predicted molar refractivity (Wildman–Crippen MR) is 110 cm³/mol. The highest BCUT2D eigenvalue weighted by Gasteiger charge is 2.27. The molecule has 0 aliphatic carbocycles. The SMILES string of the molecule is CC(C)Oc1nc(N2CCC(O)C2)c2nnn(Cc3ccccc3S(C)(=O)=O)c2n1. The van der Waals surface area contributed by atoms with Gasteiger partial charge in [-0.15, -0.1) is 5.10 Å². The molecule has 160 valence electrons. The van der Waals surface area contributed by atoms with E-state index < -0.39 is 15.9 Å². The first-order chi connectivity index (χ1) is 14.2. The Kier molecular flexibility index (Phi) is 5.33. The Morgan fingerprint density at radius 3 is 2.70 bits per heavy atom. The minimum absolute atomic E-state index is 0.130. The molecule has 2 aromatic heterocycles. The molecular formula is C19H24N6O4S. The van der Waals surface area contributed by atoms with Crippen LogP contribution in [0.15, 0.2) is 29.2 Å². The quantitative estimate of drug-likeness (QED) is 0.608. The largest absolute Gasteiger partial charge is 0.461 e. The molecule has 1 aliphatic heterocycles. The Morgan fingerprint density at radius 1 is 1.27 bits per heavy atom. The molecular weight excluding hydrogens is 408 g/mol. The van der Waals surface area contributed by atoms with Gasteiger partial charge in [0.25, 0.3) is 0 Å². The van der Waals surface area contributed by atoms with Crippen LogP contribution in [0.5, 0.6) is 6.01 Å². The second kappa shape index (κ2) is 7.80. The van der Waals surface area contributed by atoms with E-state index in [1.165, 1.54) is 6.26 Å². The number of rotatable bonds is 6. The van der Waals surface area contributed by atoms with E-state index in [9.17, 15) is 13.5 Å². The minimum atomic E-state index is -3.40. The average Bonchev–Trinajstić information content (AvgIpc) is 3.27. The summed E-state index contributed by atoms with van der Waals surface area (Å²) < 4.78 is 31.6. The third kappa shape index (κ3) is 4.08. The summed E-state index contributed by atoms with van der Waals surface area (Å²) in [5.74, 6) is 0.551. The van der Waals surface area contributed by atoms with Crippen molar-refractivity contribution in [2.75, 3.05) is 24.2 Å². The van der Waals surface area contributed by atoms with Gasteiger partial charge in [-0.25, -0.2) is 13.1 Å². The molecule has 4 rings (SSSR count). The van der Waals surface area contributed by atoms with Gasteiger partial charge in [-0.05, 0) is 31.9 Å². The molecule has 30 heavy (non-hydrogen) atoms. The van der Waals surface area contributed by atoms with E-state index in [2.05, 4.69) is 20.3 Å². The van der Waals surface area contributed by atoms with Gasteiger partial charge in [0, 0.05) is 19.3 Å². The number of aromatic nitrogens is 5. The number of aliphatic hydroxyl groups excluding tert-OH is 1. The monoisotopic (exact) mass is 432 g/mol. The van der Waals surface area contributed by atoms with Crippen LogP contribution < -0.4 is 9.64 Å². The average molecular weight is 433 g/mol. The Morgan fingerprint density at radius 2 is 2.03 bits per heavy atom. The van der Waals surface area contributed by atoms with Crippen molar-refractivity contribution in [1.82, 2.24) is 25.0 Å². The highest BCUT2D eigenvalue weighted by molar-refractivity contribution is 7.90. The predicted octanol–water partition coefficient (Wildman–Crippen LogP) is 1.03. The zero-order valence-electron chi connectivity index (χ0n) is 17.1. The molecule has 1 atom stereocenters. The molecule has 1 N–H and O–H groups in total. The van der Waals surface area contributed by atoms with Crippen LogP contribution in [0.2, 0.25) is 0 Å². The summed E-state index contributed by atoms with van der Waals surface area (Å²) >= 11 is 0. The van der Waals surface area contributed by atoms with Gasteiger partial charge in [0.1, 0.15) is 0 Å². The molecule has 0 amide bonds. The van der Waals surface area contributed by atoms with E-state index in [1.807, 2.05) is 18.7 Å². The van der Waals surface area contributed by atoms with Gasteiger partial charge in [-0.2, -0.15) is 9.97 Å². The van der Waals surface area contributed by atoms with E-state index >= 15 is 0 Å². The summed E-state index contributed by atoms with van der Waals surface area (Å²) in [6.07, 6.45) is 1.26. The second-order valence-corrected chi connectivity index (χ2v) is 9.67. The van der Waals surface area contributed by atoms with Crippen molar-refractivity contribution in [3.8, 4) is 6.01 Å². The molecule has 1 saturated heterocycles. The number of hydrogen-bond acceptors (Lipinski definition) is 9. The molecule has 1 aliphatic rings. The van der Waals surface area contributed by atoms with Crippen molar-refractivity contribution < 1.29 is 18.3 Å². The maximum atomic E-state index is 12.2. The van der Waals surface area contributed by atoms with Crippen LogP contribution in [0, 0.1) is 0 Å². The lowest BCUT2D eigenvalue weighted by Crippen LogP contribution is -2.23. The number of β-amino-alcohol motifs (C(OH)–C–C–N with tert-alkyl or cyclic N) is 1. The van der Waals surface area contributed by atoms with Crippen molar-refractivity contribution in [2.24, 2.45) is 0 Å². The zero-order valence-corrected chi connectivity index (χ0v) is 17.9. The summed E-state index contributed by atoms with van der Waals surface area (Å²) in [5, 5.41) is 18.4. The fourth-order valence-electron chi connectivity index (χ4n) is 3.50. The summed E-state index contributed by atoms with van der Waals surface area (Å²) in [4.78, 5) is 11.2. The maximum Gasteiger partial charge on any atom is 0.320 e. The number of nitrogens with zero attached hydrogens (tertiary/aromatic N) is 6. The second-order valence-electron chi connectivity index (χ2n) is 7.68. The summed E-state index contributed by atoms with van der Waals surface area (Å²) in [5.41, 5.74) is 1.52. The van der Waals surface area contributed by atoms with Crippen molar-refractivity contribution in [1.29, 1.82) is 0 Å². The van der Waals surface area contributed by atoms with Crippen LogP contribution in [0.4, 0.5) is 5.82 Å². The van der Waals surface area contributed by atoms with Crippen LogP contribution in [0.1, 0.15) is 25.8 Å². The Labute approximate surface area is 174 Å². The van der Waals surface area contributed by atoms with E-state index in [4.69, 9.17) is 4.74 Å². The summed E-state index contributed by atoms with van der Waals surface area (Å²) in [6, 6.07) is 6.97. The Balaban J connectivity index is 1.81. The van der Waals surface area contributed by atoms with Gasteiger partial charge in [0.15, 0.2) is 26.8 Å². The normalized spacial score (nSPS) is 17.2. The van der Waals surface area contributed by atoms with Gasteiger partial charge in [-0.3, -0.25) is 0 Å². The lowest BCUT2D eigenvalue weighted by atomic mass is 10.2. The zero-order chi connectivity index (χ0) is 21.5. The lowest BCUT2D eigenvalue weighted by Gasteiger charge is -2.18. The van der Waals surface area contributed by atoms with Gasteiger partial charge >= 0.3 is 6.01 Å². The third-order valence-corrected chi connectivity index (χ3v) is 6.02. The summed E-state index contributed by atoms with van der Waals surface area (Å²) in [7, 11) is -3.40. The number of fused-ring (bicyclic) bond motifs is 1. The van der Waals surface area contributed by atoms with Crippen molar-refractivity contribution in [2.45, 2.75) is 43.9 Å². The van der Waals surface area contributed by atoms with Crippen molar-refractivity contribution in [3.63, 3.8) is 0 Å². The molecule has 0 saturated carbocycles. The van der Waals surface area contributed by atoms with Gasteiger partial charge in [0.2, 0.25) is 0 Å². The lowest BCUT2D eigenvalue weighted by molar-refractivity contribution is 0.198. The number of benzene rings is 1. The molecule has 11 heteroatoms. The first kappa shape index (κ1) is 20.5. The first-order valence-electron chi connectivity index (χ1n) is 9.71. The number of sulfone groups is 1. The Hall–Kier alpha value is -2.79. The van der Waals surface area contributed by atoms with Gasteiger partial charge < -0.3 is 14.7 Å². The smallest absolute Gasteiger partial charge is 0.320 e. The first-order valence-corrected chi connectivity index (χ1v) is 11.6. The van der Waals surface area contributed by atoms with Gasteiger partial charge in [-0.1, -0.05) is 23.4 Å². The molecule has 0 spiro atoms. The van der Waals surface area contributed by atoms with Crippen LogP contribution >= 0.6 is 0 Å². The standard InChI is InChI=1S/C19H24N6O4S/c1-12(2)29-19-20-17(24-9-8-14(26)11-24)16-18(21-19)25(23-22-16)10-13-6-4-5-7-15(13)30(3,27)28/h4-7,12,14,26H,8-11H2,1-3H3. The van der Waals surface area contributed by atoms with E-state index in [1.54, 1.807) is 28.9 Å². The number of anilines is 1. The molecule has 3 heterocycles. The highest BCUT2D eigenvalue weighted by atomic mass is 32.2. The third-order valence-electron chi connectivity index (χ3n) is 4.82. The molecule has 1 aromatic carbocycles. The van der Waals surface area contributed by atoms with Gasteiger partial charge in [0.05, 0.1) is 23.6 Å². The topological polar surface area (TPSA) is 123 Å². The molecule has 10 nitrogen and oxygen atoms in total. The molecule has 0 bridgehead atoms. The van der Waals surface area contributed by atoms with Crippen LogP contribution in [-0.4, -0.2) is 70.0 Å². The highest BCUT2D eigenvalue weighted by Crippen LogP contribution is 2.28. The molecule has 1 unspecified atom stereocenters. The number of aliphatic hydroxyl groups is 1. The van der Waals surface area contributed by atoms with Crippen LogP contribution in [0.25, 0.3) is 11.2 Å². The van der Waals surface area contributed by atoms with E-state index in [0.717, 1.165) is 0 Å². The summed E-state index contributed by atoms with van der Waals surface area (Å²) in [6.45, 7) is 5.02. The molecule has 1 fully saturated rings. The minimum Gasteiger partial charge on any atom is -0.461 e. The van der Waals surface area contributed by atoms with E-state index in [0.29, 0.717) is 42.1 Å². The van der Waals surface area contributed by atoms with Crippen LogP contribution in [0.3, 0.4) is 0 Å². The molecule has 3 aromatic rings. The number of ether oxygens (including phenoxy) is 1. The van der Waals surface area contributed by atoms with Crippen molar-refractivity contribution in [3.05, 3.63) is 29.8 Å². The fraction of sp³-hybridized carbons (Fsp3) is 0.474. The van der Waals surface area contributed by atoms with Crippen LogP contribution in [-0.2, 0) is 16.4 Å². The van der Waals surface area contributed by atoms with Crippen molar-refractivity contribution >= 4 is 26.8 Å². The molecule has 0 radical (unpaired) electrons. The number of hydrogen-bond donors (Lipinski definition) is 1. The maximum absolute atomic E-state index is 12.2. The fourth-order valence-corrected chi connectivity index (χ4v) is 4.44.